The van der Waals surface area contributed by atoms with E-state index in [1.807, 2.05) is 4.90 Å². The van der Waals surface area contributed by atoms with Crippen LogP contribution in [0.5, 0.6) is 5.75 Å². The maximum Gasteiger partial charge on any atom is 0.166 e. The number of hydrogen-bond donors (Lipinski definition) is 2. The van der Waals surface area contributed by atoms with Gasteiger partial charge >= 0.3 is 0 Å². The van der Waals surface area contributed by atoms with Crippen molar-refractivity contribution in [3.63, 3.8) is 0 Å². The van der Waals surface area contributed by atoms with E-state index in [0.717, 1.165) is 19.0 Å². The number of phenols is 1. The second-order valence-electron chi connectivity index (χ2n) is 6.71. The van der Waals surface area contributed by atoms with Gasteiger partial charge in [0.25, 0.3) is 0 Å². The summed E-state index contributed by atoms with van der Waals surface area (Å²) in [6.07, 6.45) is 0.839. The first-order valence-electron chi connectivity index (χ1n) is 8.78. The maximum atomic E-state index is 14.4. The molecule has 3 N–H and O–H groups in total. The average molecular weight is 367 g/mol. The van der Waals surface area contributed by atoms with E-state index in [-0.39, 0.29) is 17.4 Å². The summed E-state index contributed by atoms with van der Waals surface area (Å²) in [6, 6.07) is 14.3. The largest absolute Gasteiger partial charge is 0.507 e. The smallest absolute Gasteiger partial charge is 0.166 e. The highest BCUT2D eigenvalue weighted by atomic mass is 19.2. The number of nitrogens with zero attached hydrogens (tertiary/aromatic N) is 2. The van der Waals surface area contributed by atoms with Crippen molar-refractivity contribution in [3.8, 4) is 28.1 Å². The number of hydrogen-bond acceptors (Lipinski definition) is 4. The van der Waals surface area contributed by atoms with E-state index >= 15 is 0 Å². The van der Waals surface area contributed by atoms with Crippen LogP contribution in [-0.2, 0) is 0 Å². The van der Waals surface area contributed by atoms with Gasteiger partial charge in [-0.3, -0.25) is 0 Å². The van der Waals surface area contributed by atoms with Crippen LogP contribution in [-0.4, -0.2) is 29.2 Å². The van der Waals surface area contributed by atoms with Crippen LogP contribution in [0.3, 0.4) is 0 Å². The Morgan fingerprint density at radius 3 is 2.56 bits per heavy atom. The fraction of sp³-hybridized carbons (Fsp3) is 0.190. The molecule has 3 aromatic rings. The number of phenolic OH excluding ortho intramolecular Hbond substituents is 1. The van der Waals surface area contributed by atoms with Gasteiger partial charge in [-0.15, -0.1) is 0 Å². The third kappa shape index (κ3) is 3.36. The van der Waals surface area contributed by atoms with Crippen molar-refractivity contribution in [3.05, 3.63) is 66.2 Å². The average Bonchev–Trinajstić information content (AvgIpc) is 3.10. The number of nitrogens with two attached hydrogens (primary N) is 1. The van der Waals surface area contributed by atoms with Crippen LogP contribution in [0.1, 0.15) is 6.42 Å². The molecule has 0 saturated carbocycles. The lowest BCUT2D eigenvalue weighted by Crippen LogP contribution is -2.27. The normalized spacial score (nSPS) is 16.7. The predicted octanol–water partition coefficient (Wildman–Crippen LogP) is 3.94. The van der Waals surface area contributed by atoms with Gasteiger partial charge in [0.05, 0.1) is 5.69 Å². The number of anilines is 1. The fourth-order valence-electron chi connectivity index (χ4n) is 3.38. The first kappa shape index (κ1) is 17.4. The van der Waals surface area contributed by atoms with E-state index < -0.39 is 11.6 Å². The number of halogens is 2. The molecule has 4 rings (SSSR count). The van der Waals surface area contributed by atoms with Crippen LogP contribution in [0.15, 0.2) is 54.6 Å². The molecule has 0 radical (unpaired) electrons. The van der Waals surface area contributed by atoms with E-state index in [1.165, 1.54) is 12.1 Å². The molecule has 27 heavy (non-hydrogen) atoms. The van der Waals surface area contributed by atoms with E-state index in [9.17, 15) is 13.9 Å². The Bertz CT molecular complexity index is 993. The van der Waals surface area contributed by atoms with E-state index in [2.05, 4.69) is 4.98 Å². The number of rotatable bonds is 3. The Labute approximate surface area is 155 Å². The van der Waals surface area contributed by atoms with Crippen LogP contribution in [0.25, 0.3) is 22.4 Å². The summed E-state index contributed by atoms with van der Waals surface area (Å²) >= 11 is 0. The highest BCUT2D eigenvalue weighted by molar-refractivity contribution is 5.76. The van der Waals surface area contributed by atoms with Gasteiger partial charge in [-0.25, -0.2) is 13.8 Å². The summed E-state index contributed by atoms with van der Waals surface area (Å²) in [5.41, 5.74) is 7.68. The lowest BCUT2D eigenvalue weighted by molar-refractivity contribution is 0.477. The fourth-order valence-corrected chi connectivity index (χ4v) is 3.38. The predicted molar refractivity (Wildman–Crippen MR) is 101 cm³/mol. The van der Waals surface area contributed by atoms with Crippen LogP contribution in [0.4, 0.5) is 14.6 Å². The SMILES string of the molecule is NC1CCN(c2cc(-c3cccc(F)c3F)cc(-c3ccccc3O)n2)C1. The quantitative estimate of drug-likeness (QED) is 0.736. The minimum Gasteiger partial charge on any atom is -0.507 e. The summed E-state index contributed by atoms with van der Waals surface area (Å²) in [7, 11) is 0. The molecular weight excluding hydrogens is 348 g/mol. The number of pyridine rings is 1. The molecule has 1 saturated heterocycles. The second-order valence-corrected chi connectivity index (χ2v) is 6.71. The van der Waals surface area contributed by atoms with Crippen LogP contribution < -0.4 is 10.6 Å². The zero-order valence-corrected chi connectivity index (χ0v) is 14.6. The van der Waals surface area contributed by atoms with Gasteiger partial charge in [0.15, 0.2) is 11.6 Å². The molecule has 1 aromatic heterocycles. The lowest BCUT2D eigenvalue weighted by atomic mass is 10.0. The van der Waals surface area contributed by atoms with E-state index in [1.54, 1.807) is 36.4 Å². The Morgan fingerprint density at radius 2 is 1.81 bits per heavy atom. The third-order valence-corrected chi connectivity index (χ3v) is 4.80. The molecule has 0 aliphatic carbocycles. The van der Waals surface area contributed by atoms with Crippen molar-refractivity contribution in [1.29, 1.82) is 0 Å². The van der Waals surface area contributed by atoms with Crippen molar-refractivity contribution in [2.75, 3.05) is 18.0 Å². The topological polar surface area (TPSA) is 62.4 Å². The molecule has 4 nitrogen and oxygen atoms in total. The van der Waals surface area contributed by atoms with Crippen LogP contribution in [0, 0.1) is 11.6 Å². The highest BCUT2D eigenvalue weighted by Crippen LogP contribution is 2.35. The Hall–Kier alpha value is -2.99. The second kappa shape index (κ2) is 6.96. The maximum absolute atomic E-state index is 14.4. The van der Waals surface area contributed by atoms with Crippen molar-refractivity contribution < 1.29 is 13.9 Å². The van der Waals surface area contributed by atoms with Crippen molar-refractivity contribution in [2.45, 2.75) is 12.5 Å². The molecular formula is C21H19F2N3O. The zero-order chi connectivity index (χ0) is 19.0. The van der Waals surface area contributed by atoms with Crippen molar-refractivity contribution in [2.24, 2.45) is 5.73 Å². The van der Waals surface area contributed by atoms with Gasteiger partial charge in [-0.1, -0.05) is 24.3 Å². The summed E-state index contributed by atoms with van der Waals surface area (Å²) in [5.74, 6) is -1.11. The van der Waals surface area contributed by atoms with Gasteiger partial charge in [-0.05, 0) is 42.3 Å². The zero-order valence-electron chi connectivity index (χ0n) is 14.6. The monoisotopic (exact) mass is 367 g/mol. The van der Waals surface area contributed by atoms with Crippen molar-refractivity contribution >= 4 is 5.82 Å². The first-order chi connectivity index (χ1) is 13.0. The number of para-hydroxylation sites is 1. The summed E-state index contributed by atoms with van der Waals surface area (Å²) < 4.78 is 28.1. The number of benzene rings is 2. The molecule has 1 aliphatic rings. The molecule has 1 aliphatic heterocycles. The van der Waals surface area contributed by atoms with Crippen LogP contribution in [0.2, 0.25) is 0 Å². The summed E-state index contributed by atoms with van der Waals surface area (Å²) in [5, 5.41) is 10.2. The van der Waals surface area contributed by atoms with Crippen molar-refractivity contribution in [1.82, 2.24) is 4.98 Å². The molecule has 1 unspecified atom stereocenters. The molecule has 2 aromatic carbocycles. The van der Waals surface area contributed by atoms with E-state index in [0.29, 0.717) is 29.2 Å². The standard InChI is InChI=1S/C21H19F2N3O/c22-17-6-3-5-15(21(17)23)13-10-18(16-4-1-2-7-19(16)27)25-20(11-13)26-9-8-14(24)12-26/h1-7,10-11,14,27H,8-9,12,24H2. The molecule has 0 bridgehead atoms. The first-order valence-corrected chi connectivity index (χ1v) is 8.78. The van der Waals surface area contributed by atoms with Gasteiger partial charge in [-0.2, -0.15) is 0 Å². The van der Waals surface area contributed by atoms with Crippen LogP contribution >= 0.6 is 0 Å². The molecule has 1 fully saturated rings. The Morgan fingerprint density at radius 1 is 1.04 bits per heavy atom. The molecule has 0 amide bonds. The summed E-state index contributed by atoms with van der Waals surface area (Å²) in [4.78, 5) is 6.68. The Balaban J connectivity index is 1.89. The number of aromatic nitrogens is 1. The number of aromatic hydroxyl groups is 1. The van der Waals surface area contributed by atoms with Gasteiger partial charge in [0.1, 0.15) is 11.6 Å². The Kier molecular flexibility index (Phi) is 4.49. The molecule has 6 heteroatoms. The minimum absolute atomic E-state index is 0.0509. The molecule has 0 spiro atoms. The highest BCUT2D eigenvalue weighted by Gasteiger charge is 2.22. The minimum atomic E-state index is -0.906. The van der Waals surface area contributed by atoms with Gasteiger partial charge in [0, 0.05) is 30.3 Å². The lowest BCUT2D eigenvalue weighted by Gasteiger charge is -2.19. The molecule has 1 atom stereocenters. The van der Waals surface area contributed by atoms with E-state index in [4.69, 9.17) is 5.73 Å². The summed E-state index contributed by atoms with van der Waals surface area (Å²) in [6.45, 7) is 1.38. The third-order valence-electron chi connectivity index (χ3n) is 4.80. The molecule has 2 heterocycles. The van der Waals surface area contributed by atoms with Gasteiger partial charge in [0.2, 0.25) is 0 Å². The van der Waals surface area contributed by atoms with Gasteiger partial charge < -0.3 is 15.7 Å². The molecule has 138 valence electrons.